The Labute approximate surface area is 126 Å². The zero-order chi connectivity index (χ0) is 14.0. The van der Waals surface area contributed by atoms with Crippen LogP contribution in [-0.2, 0) is 14.4 Å². The maximum absolute atomic E-state index is 12.2. The predicted molar refractivity (Wildman–Crippen MR) is 84.2 cm³/mol. The summed E-state index contributed by atoms with van der Waals surface area (Å²) in [5.74, 6) is -1.84. The fourth-order valence-corrected chi connectivity index (χ4v) is 1.90. The molecule has 4 heteroatoms. The van der Waals surface area contributed by atoms with Crippen LogP contribution in [0, 0.1) is 5.92 Å². The van der Waals surface area contributed by atoms with Crippen LogP contribution < -0.4 is 0 Å². The van der Waals surface area contributed by atoms with Crippen LogP contribution in [0.15, 0.2) is 36.4 Å². The number of hydrogen-bond donors (Lipinski definition) is 0. The summed E-state index contributed by atoms with van der Waals surface area (Å²) >= 11 is 0. The van der Waals surface area contributed by atoms with Gasteiger partial charge in [-0.3, -0.25) is 14.4 Å². The Hall–Kier alpha value is -2.23. The Morgan fingerprint density at radius 1 is 1.14 bits per heavy atom. The maximum Gasteiger partial charge on any atom is 0.268 e. The third-order valence-corrected chi connectivity index (χ3v) is 3.26. The highest BCUT2D eigenvalue weighted by molar-refractivity contribution is 6.38. The second kappa shape index (κ2) is 7.53. The molecule has 1 heterocycles. The van der Waals surface area contributed by atoms with Gasteiger partial charge >= 0.3 is 0 Å². The van der Waals surface area contributed by atoms with Gasteiger partial charge in [-0.25, -0.2) is 4.90 Å². The fourth-order valence-electron chi connectivity index (χ4n) is 1.90. The van der Waals surface area contributed by atoms with E-state index in [4.69, 9.17) is 0 Å². The van der Waals surface area contributed by atoms with Gasteiger partial charge in [0.05, 0.1) is 5.57 Å². The number of amides is 3. The molecule has 0 aromatic heterocycles. The number of rotatable bonds is 3. The summed E-state index contributed by atoms with van der Waals surface area (Å²) in [6.45, 7) is 3.56. The monoisotopic (exact) mass is 289 g/mol. The number of imide groups is 3. The maximum atomic E-state index is 12.2. The molecule has 2 rings (SSSR count). The van der Waals surface area contributed by atoms with Gasteiger partial charge in [-0.2, -0.15) is 0 Å². The van der Waals surface area contributed by atoms with Gasteiger partial charge in [0.1, 0.15) is 0 Å². The molecule has 0 spiro atoms. The lowest BCUT2D eigenvalue weighted by atomic mass is 10.1. The van der Waals surface area contributed by atoms with E-state index in [9.17, 15) is 14.4 Å². The number of benzene rings is 1. The molecular formula is C17H23NO3. The van der Waals surface area contributed by atoms with Crippen molar-refractivity contribution in [2.45, 2.75) is 35.1 Å². The predicted octanol–water partition coefficient (Wildman–Crippen LogP) is 3.28. The lowest BCUT2D eigenvalue weighted by molar-refractivity contribution is -0.150. The Balaban J connectivity index is 0.00000200. The molecule has 0 fully saturated rings. The Morgan fingerprint density at radius 3 is 2.24 bits per heavy atom. The van der Waals surface area contributed by atoms with E-state index in [1.54, 1.807) is 31.2 Å². The molecule has 1 aliphatic rings. The van der Waals surface area contributed by atoms with Crippen molar-refractivity contribution in [2.75, 3.05) is 0 Å². The molecule has 3 amide bonds. The zero-order valence-electron chi connectivity index (χ0n) is 10.9. The van der Waals surface area contributed by atoms with Crippen molar-refractivity contribution in [1.82, 2.24) is 4.90 Å². The van der Waals surface area contributed by atoms with Crippen LogP contribution in [0.3, 0.4) is 0 Å². The van der Waals surface area contributed by atoms with Gasteiger partial charge in [0.25, 0.3) is 11.8 Å². The minimum atomic E-state index is -0.547. The summed E-state index contributed by atoms with van der Waals surface area (Å²) in [4.78, 5) is 36.8. The van der Waals surface area contributed by atoms with Gasteiger partial charge in [-0.05, 0) is 12.0 Å². The van der Waals surface area contributed by atoms with Crippen LogP contribution in [0.1, 0.15) is 40.7 Å². The van der Waals surface area contributed by atoms with E-state index in [0.29, 0.717) is 12.0 Å². The van der Waals surface area contributed by atoms with Crippen LogP contribution in [0.25, 0.3) is 5.57 Å². The van der Waals surface area contributed by atoms with E-state index >= 15 is 0 Å². The topological polar surface area (TPSA) is 54.5 Å². The van der Waals surface area contributed by atoms with Gasteiger partial charge in [0.15, 0.2) is 0 Å². The minimum Gasteiger partial charge on any atom is -0.274 e. The molecule has 21 heavy (non-hydrogen) atoms. The van der Waals surface area contributed by atoms with Crippen molar-refractivity contribution < 1.29 is 14.4 Å². The van der Waals surface area contributed by atoms with Gasteiger partial charge in [0, 0.05) is 12.0 Å². The highest BCUT2D eigenvalue weighted by Crippen LogP contribution is 2.24. The van der Waals surface area contributed by atoms with E-state index in [0.717, 1.165) is 4.90 Å². The molecule has 0 aliphatic carbocycles. The largest absolute Gasteiger partial charge is 0.274 e. The number of carbonyl (C=O) groups is 3. The summed E-state index contributed by atoms with van der Waals surface area (Å²) in [7, 11) is 0. The Bertz CT molecular complexity index is 561. The van der Waals surface area contributed by atoms with Crippen molar-refractivity contribution in [2.24, 2.45) is 5.92 Å². The average Bonchev–Trinajstić information content (AvgIpc) is 2.73. The van der Waals surface area contributed by atoms with E-state index < -0.39 is 17.7 Å². The van der Waals surface area contributed by atoms with Gasteiger partial charge in [0.2, 0.25) is 5.91 Å². The summed E-state index contributed by atoms with van der Waals surface area (Å²) < 4.78 is 0. The number of hydrogen-bond acceptors (Lipinski definition) is 3. The summed E-state index contributed by atoms with van der Waals surface area (Å²) in [6, 6.07) is 8.88. The van der Waals surface area contributed by atoms with Crippen LogP contribution >= 0.6 is 0 Å². The first kappa shape index (κ1) is 18.8. The molecule has 114 valence electrons. The highest BCUT2D eigenvalue weighted by atomic mass is 16.2. The molecular weight excluding hydrogens is 266 g/mol. The molecule has 1 aromatic carbocycles. The van der Waals surface area contributed by atoms with E-state index in [2.05, 4.69) is 0 Å². The molecule has 0 N–H and O–H groups in total. The third kappa shape index (κ3) is 3.45. The molecule has 1 atom stereocenters. The Kier molecular flexibility index (Phi) is 6.73. The smallest absolute Gasteiger partial charge is 0.268 e. The van der Waals surface area contributed by atoms with Crippen molar-refractivity contribution in [3.63, 3.8) is 0 Å². The van der Waals surface area contributed by atoms with E-state index in [-0.39, 0.29) is 26.3 Å². The van der Waals surface area contributed by atoms with Crippen LogP contribution in [0.2, 0.25) is 0 Å². The van der Waals surface area contributed by atoms with Crippen molar-refractivity contribution in [3.05, 3.63) is 42.0 Å². The van der Waals surface area contributed by atoms with E-state index in [1.165, 1.54) is 6.08 Å². The standard InChI is InChI=1S/C15H15NO3.2CH4/c1-3-10(2)14(18)16-13(17)9-12(15(16)19)11-7-5-4-6-8-11;;/h4-10H,3H2,1-2H3;2*1H4. The Morgan fingerprint density at radius 2 is 1.71 bits per heavy atom. The first-order valence-corrected chi connectivity index (χ1v) is 6.25. The lowest BCUT2D eigenvalue weighted by Crippen LogP contribution is -2.40. The molecule has 0 radical (unpaired) electrons. The molecule has 4 nitrogen and oxygen atoms in total. The third-order valence-electron chi connectivity index (χ3n) is 3.26. The average molecular weight is 289 g/mol. The quantitative estimate of drug-likeness (QED) is 0.802. The zero-order valence-corrected chi connectivity index (χ0v) is 10.9. The fraction of sp³-hybridized carbons (Fsp3) is 0.353. The second-order valence-electron chi connectivity index (χ2n) is 4.55. The van der Waals surface area contributed by atoms with Gasteiger partial charge < -0.3 is 0 Å². The number of carbonyl (C=O) groups excluding carboxylic acids is 3. The second-order valence-corrected chi connectivity index (χ2v) is 4.55. The number of nitrogens with zero attached hydrogens (tertiary/aromatic N) is 1. The van der Waals surface area contributed by atoms with Crippen LogP contribution in [-0.4, -0.2) is 22.6 Å². The van der Waals surface area contributed by atoms with Gasteiger partial charge in [-0.1, -0.05) is 59.0 Å². The normalized spacial score (nSPS) is 15.0. The lowest BCUT2D eigenvalue weighted by Gasteiger charge is -2.16. The molecule has 0 saturated carbocycles. The summed E-state index contributed by atoms with van der Waals surface area (Å²) in [5, 5.41) is 0. The summed E-state index contributed by atoms with van der Waals surface area (Å²) in [5.41, 5.74) is 0.933. The van der Waals surface area contributed by atoms with Crippen molar-refractivity contribution >= 4 is 23.3 Å². The minimum absolute atomic E-state index is 0. The molecule has 0 saturated heterocycles. The van der Waals surface area contributed by atoms with E-state index in [1.807, 2.05) is 13.0 Å². The highest BCUT2D eigenvalue weighted by Gasteiger charge is 2.37. The van der Waals surface area contributed by atoms with Crippen molar-refractivity contribution in [3.8, 4) is 0 Å². The van der Waals surface area contributed by atoms with Crippen LogP contribution in [0.4, 0.5) is 0 Å². The van der Waals surface area contributed by atoms with Crippen molar-refractivity contribution in [1.29, 1.82) is 0 Å². The summed E-state index contributed by atoms with van der Waals surface area (Å²) in [6.07, 6.45) is 1.83. The first-order chi connectivity index (χ1) is 9.06. The molecule has 1 aliphatic heterocycles. The molecule has 0 bridgehead atoms. The molecule has 1 aromatic rings. The van der Waals surface area contributed by atoms with Crippen LogP contribution in [0.5, 0.6) is 0 Å². The molecule has 1 unspecified atom stereocenters. The first-order valence-electron chi connectivity index (χ1n) is 6.25. The SMILES string of the molecule is C.C.CCC(C)C(=O)N1C(=O)C=C(c2ccccc2)C1=O. The van der Waals surface area contributed by atoms with Gasteiger partial charge in [-0.15, -0.1) is 0 Å².